The molecule has 1 unspecified atom stereocenters. The molecular weight excluding hydrogens is 310 g/mol. The van der Waals surface area contributed by atoms with Gasteiger partial charge in [0.05, 0.1) is 30.3 Å². The Labute approximate surface area is 134 Å². The summed E-state index contributed by atoms with van der Waals surface area (Å²) < 4.78 is 10.9. The number of hydrogen-bond acceptors (Lipinski definition) is 5. The Morgan fingerprint density at radius 3 is 3.05 bits per heavy atom. The predicted octanol–water partition coefficient (Wildman–Crippen LogP) is 0.590. The number of carbonyl (C=O) groups is 2. The highest BCUT2D eigenvalue weighted by atomic mass is 35.5. The van der Waals surface area contributed by atoms with Crippen molar-refractivity contribution in [2.24, 2.45) is 11.8 Å². The maximum Gasteiger partial charge on any atom is 0.293 e. The summed E-state index contributed by atoms with van der Waals surface area (Å²) in [7, 11) is 0. The van der Waals surface area contributed by atoms with Gasteiger partial charge < -0.3 is 19.9 Å². The molecule has 2 saturated heterocycles. The molecule has 6 nitrogen and oxygen atoms in total. The van der Waals surface area contributed by atoms with Crippen molar-refractivity contribution in [3.8, 4) is 0 Å². The molecule has 7 heteroatoms. The number of carbonyl (C=O) groups excluding carboxylic acids is 2. The average molecular weight is 332 g/mol. The van der Waals surface area contributed by atoms with Crippen molar-refractivity contribution < 1.29 is 24.2 Å². The molecule has 3 fully saturated rings. The summed E-state index contributed by atoms with van der Waals surface area (Å²) in [5, 5.41) is 13.6. The van der Waals surface area contributed by atoms with Crippen molar-refractivity contribution in [3.05, 3.63) is 0 Å². The maximum atomic E-state index is 12.2. The topological polar surface area (TPSA) is 88.2 Å². The van der Waals surface area contributed by atoms with E-state index in [-0.39, 0.29) is 29.9 Å². The van der Waals surface area contributed by atoms with Gasteiger partial charge in [-0.05, 0) is 26.2 Å². The molecule has 1 amide bonds. The molecule has 3 aliphatic rings. The van der Waals surface area contributed by atoms with Gasteiger partial charge in [0.15, 0.2) is 0 Å². The number of aliphatic hydroxyl groups is 1. The number of nitrogens with one attached hydrogen (secondary N) is 1. The van der Waals surface area contributed by atoms with Crippen molar-refractivity contribution >= 4 is 24.0 Å². The second kappa shape index (κ2) is 5.98. The van der Waals surface area contributed by atoms with Crippen LogP contribution in [0.1, 0.15) is 32.6 Å². The third kappa shape index (κ3) is 2.51. The minimum atomic E-state index is -1.09. The van der Waals surface area contributed by atoms with Crippen LogP contribution in [0.3, 0.4) is 0 Å². The zero-order valence-corrected chi connectivity index (χ0v) is 13.3. The van der Waals surface area contributed by atoms with Gasteiger partial charge >= 0.3 is 0 Å². The van der Waals surface area contributed by atoms with E-state index in [4.69, 9.17) is 21.1 Å². The zero-order valence-electron chi connectivity index (χ0n) is 12.5. The predicted molar refractivity (Wildman–Crippen MR) is 78.3 cm³/mol. The summed E-state index contributed by atoms with van der Waals surface area (Å²) in [6.07, 6.45) is 2.78. The first-order valence-corrected chi connectivity index (χ1v) is 8.37. The van der Waals surface area contributed by atoms with Crippen LogP contribution >= 0.6 is 11.6 Å². The summed E-state index contributed by atoms with van der Waals surface area (Å²) in [6.45, 7) is 2.04. The summed E-state index contributed by atoms with van der Waals surface area (Å²) in [5.41, 5.74) is -1.09. The van der Waals surface area contributed by atoms with Crippen LogP contribution in [0.25, 0.3) is 0 Å². The minimum absolute atomic E-state index is 0.0339. The van der Waals surface area contributed by atoms with E-state index in [1.54, 1.807) is 6.92 Å². The first-order valence-electron chi connectivity index (χ1n) is 7.84. The minimum Gasteiger partial charge on any atom is -0.458 e. The van der Waals surface area contributed by atoms with Crippen LogP contribution < -0.4 is 5.32 Å². The molecule has 7 atom stereocenters. The summed E-state index contributed by atoms with van der Waals surface area (Å²) in [4.78, 5) is 23.2. The van der Waals surface area contributed by atoms with Gasteiger partial charge in [-0.2, -0.15) is 0 Å². The van der Waals surface area contributed by atoms with Crippen LogP contribution in [0.15, 0.2) is 0 Å². The molecule has 0 aromatic carbocycles. The van der Waals surface area contributed by atoms with Crippen molar-refractivity contribution in [3.63, 3.8) is 0 Å². The van der Waals surface area contributed by atoms with E-state index in [0.717, 1.165) is 19.3 Å². The molecule has 0 spiro atoms. The first kappa shape index (κ1) is 16.0. The van der Waals surface area contributed by atoms with E-state index in [2.05, 4.69) is 5.32 Å². The Morgan fingerprint density at radius 1 is 1.59 bits per heavy atom. The molecule has 3 rings (SSSR count). The highest BCUT2D eigenvalue weighted by Crippen LogP contribution is 2.45. The van der Waals surface area contributed by atoms with Crippen molar-refractivity contribution in [1.82, 2.24) is 5.32 Å². The Balaban J connectivity index is 1.81. The lowest BCUT2D eigenvalue weighted by Gasteiger charge is -2.38. The Bertz CT molecular complexity index is 461. The smallest absolute Gasteiger partial charge is 0.293 e. The largest absolute Gasteiger partial charge is 0.458 e. The summed E-state index contributed by atoms with van der Waals surface area (Å²) in [5.74, 6) is -0.517. The number of ether oxygens (including phenoxy) is 2. The number of aliphatic hydroxyl groups excluding tert-OH is 1. The molecular formula is C15H22ClNO5. The van der Waals surface area contributed by atoms with E-state index < -0.39 is 23.7 Å². The standard InChI is InChI=1S/C15H22ClNO5/c1-15(21-7-18)9(5-6-16)14(20)17-13(15)11(19)8-3-2-4-10-12(8)22-10/h7-13,19H,2-6H2,1H3,(H,17,20)/t8-,9+,10?,11+,12-,13-,15+/m1/s1. The highest BCUT2D eigenvalue weighted by Gasteiger charge is 2.60. The van der Waals surface area contributed by atoms with Crippen molar-refractivity contribution in [2.75, 3.05) is 5.88 Å². The lowest BCUT2D eigenvalue weighted by Crippen LogP contribution is -2.55. The number of amides is 1. The molecule has 1 aliphatic carbocycles. The van der Waals surface area contributed by atoms with Gasteiger partial charge in [0, 0.05) is 11.8 Å². The van der Waals surface area contributed by atoms with Gasteiger partial charge in [-0.3, -0.25) is 9.59 Å². The van der Waals surface area contributed by atoms with Crippen LogP contribution in [0.4, 0.5) is 0 Å². The first-order chi connectivity index (χ1) is 10.5. The number of alkyl halides is 1. The van der Waals surface area contributed by atoms with Crippen molar-refractivity contribution in [1.29, 1.82) is 0 Å². The van der Waals surface area contributed by atoms with E-state index in [0.29, 0.717) is 12.9 Å². The monoisotopic (exact) mass is 331 g/mol. The molecule has 1 saturated carbocycles. The van der Waals surface area contributed by atoms with Gasteiger partial charge in [-0.1, -0.05) is 6.42 Å². The van der Waals surface area contributed by atoms with Gasteiger partial charge in [-0.25, -0.2) is 0 Å². The molecule has 2 aliphatic heterocycles. The second-order valence-electron chi connectivity index (χ2n) is 6.64. The van der Waals surface area contributed by atoms with E-state index in [1.807, 2.05) is 0 Å². The number of halogens is 1. The van der Waals surface area contributed by atoms with Crippen LogP contribution in [-0.4, -0.2) is 53.3 Å². The van der Waals surface area contributed by atoms with Gasteiger partial charge in [0.1, 0.15) is 5.60 Å². The SMILES string of the molecule is C[C@@]1(OC=O)[C@@H]([C@@H](O)[C@H]2CCCC3O[C@@H]32)NC(=O)[C@@H]1CCCl. The van der Waals surface area contributed by atoms with E-state index in [9.17, 15) is 14.7 Å². The highest BCUT2D eigenvalue weighted by molar-refractivity contribution is 6.18. The number of epoxide rings is 1. The number of fused-ring (bicyclic) bond motifs is 1. The number of rotatable bonds is 6. The molecule has 2 heterocycles. The van der Waals surface area contributed by atoms with Crippen LogP contribution in [0.5, 0.6) is 0 Å². The average Bonchev–Trinajstić information content (AvgIpc) is 3.24. The maximum absolute atomic E-state index is 12.2. The van der Waals surface area contributed by atoms with Crippen LogP contribution in [0, 0.1) is 11.8 Å². The zero-order chi connectivity index (χ0) is 15.9. The van der Waals surface area contributed by atoms with E-state index in [1.165, 1.54) is 0 Å². The van der Waals surface area contributed by atoms with Gasteiger partial charge in [-0.15, -0.1) is 11.6 Å². The normalized spacial score (nSPS) is 44.9. The van der Waals surface area contributed by atoms with Crippen LogP contribution in [-0.2, 0) is 19.1 Å². The fourth-order valence-corrected chi connectivity index (χ4v) is 4.40. The fourth-order valence-electron chi connectivity index (χ4n) is 4.18. The number of hydrogen-bond donors (Lipinski definition) is 2. The van der Waals surface area contributed by atoms with Crippen LogP contribution in [0.2, 0.25) is 0 Å². The fraction of sp³-hybridized carbons (Fsp3) is 0.867. The van der Waals surface area contributed by atoms with Gasteiger partial charge in [0.2, 0.25) is 5.91 Å². The summed E-state index contributed by atoms with van der Waals surface area (Å²) >= 11 is 5.77. The lowest BCUT2D eigenvalue weighted by atomic mass is 9.76. The van der Waals surface area contributed by atoms with E-state index >= 15 is 0 Å². The Kier molecular flexibility index (Phi) is 4.36. The molecule has 0 aromatic rings. The van der Waals surface area contributed by atoms with Crippen molar-refractivity contribution in [2.45, 2.75) is 62.6 Å². The third-order valence-electron chi connectivity index (χ3n) is 5.47. The summed E-state index contributed by atoms with van der Waals surface area (Å²) in [6, 6.07) is -0.633. The molecule has 0 bridgehead atoms. The third-order valence-corrected chi connectivity index (χ3v) is 5.69. The molecule has 0 aromatic heterocycles. The quantitative estimate of drug-likeness (QED) is 0.422. The molecule has 22 heavy (non-hydrogen) atoms. The molecule has 124 valence electrons. The molecule has 0 radical (unpaired) electrons. The second-order valence-corrected chi connectivity index (χ2v) is 7.02. The Hall–Kier alpha value is -0.850. The lowest BCUT2D eigenvalue weighted by molar-refractivity contribution is -0.153. The Morgan fingerprint density at radius 2 is 2.36 bits per heavy atom. The molecule has 2 N–H and O–H groups in total. The van der Waals surface area contributed by atoms with Gasteiger partial charge in [0.25, 0.3) is 6.47 Å².